The Hall–Kier alpha value is -4.27. The number of aliphatic hydroxyl groups excluding tert-OH is 1. The quantitative estimate of drug-likeness (QED) is 0.210. The summed E-state index contributed by atoms with van der Waals surface area (Å²) in [5.74, 6) is 1.54. The molecular formula is C32H40N8O5S. The van der Waals surface area contributed by atoms with Gasteiger partial charge in [-0.1, -0.05) is 12.1 Å². The van der Waals surface area contributed by atoms with Crippen molar-refractivity contribution in [2.45, 2.75) is 68.2 Å². The number of hydrogen-bond acceptors (Lipinski definition) is 11. The first-order chi connectivity index (χ1) is 22.0. The number of rotatable bonds is 9. The lowest BCUT2D eigenvalue weighted by Crippen LogP contribution is -2.46. The van der Waals surface area contributed by atoms with E-state index in [0.717, 1.165) is 18.4 Å². The second kappa shape index (κ2) is 12.9. The summed E-state index contributed by atoms with van der Waals surface area (Å²) >= 11 is 0. The van der Waals surface area contributed by atoms with Crippen LogP contribution < -0.4 is 20.7 Å². The SMILES string of the molecule is COc1cc(C2CCN(C(=O)[C@H]3C[C@@H](O)CN3)CC2)c(C)cc1Nc1nc(Nc2ccccc2S(=O)(=O)C(C)C)n2nccc2n1. The zero-order valence-corrected chi connectivity index (χ0v) is 27.2. The molecule has 4 aromatic rings. The van der Waals surface area contributed by atoms with Gasteiger partial charge in [0, 0.05) is 25.7 Å². The Morgan fingerprint density at radius 2 is 1.85 bits per heavy atom. The molecule has 0 unspecified atom stereocenters. The Kier molecular flexibility index (Phi) is 8.86. The van der Waals surface area contributed by atoms with Gasteiger partial charge in [-0.15, -0.1) is 0 Å². The van der Waals surface area contributed by atoms with Gasteiger partial charge in [0.25, 0.3) is 0 Å². The van der Waals surface area contributed by atoms with Crippen molar-refractivity contribution in [1.29, 1.82) is 0 Å². The van der Waals surface area contributed by atoms with Crippen molar-refractivity contribution in [3.63, 3.8) is 0 Å². The molecule has 2 aliphatic heterocycles. The molecule has 2 aromatic carbocycles. The minimum Gasteiger partial charge on any atom is -0.495 e. The first kappa shape index (κ1) is 31.7. The third kappa shape index (κ3) is 6.24. The maximum absolute atomic E-state index is 13.1. The van der Waals surface area contributed by atoms with Crippen molar-refractivity contribution in [2.75, 3.05) is 37.4 Å². The Morgan fingerprint density at radius 1 is 1.09 bits per heavy atom. The number of fused-ring (bicyclic) bond motifs is 1. The van der Waals surface area contributed by atoms with E-state index in [4.69, 9.17) is 4.74 Å². The van der Waals surface area contributed by atoms with Gasteiger partial charge in [0.05, 0.1) is 47.0 Å². The maximum Gasteiger partial charge on any atom is 0.239 e. The number of piperidine rings is 1. The number of likely N-dealkylation sites (tertiary alicyclic amines) is 1. The monoisotopic (exact) mass is 648 g/mol. The van der Waals surface area contributed by atoms with Crippen molar-refractivity contribution in [1.82, 2.24) is 29.8 Å². The predicted molar refractivity (Wildman–Crippen MR) is 175 cm³/mol. The summed E-state index contributed by atoms with van der Waals surface area (Å²) in [5, 5.41) is 23.1. The van der Waals surface area contributed by atoms with E-state index in [2.05, 4.69) is 37.9 Å². The Bertz CT molecular complexity index is 1850. The molecule has 0 bridgehead atoms. The minimum atomic E-state index is -3.57. The summed E-state index contributed by atoms with van der Waals surface area (Å²) < 4.78 is 33.5. The number of β-amino-alcohol motifs (C(OH)–C–C–N with tert-alkyl or cyclic N) is 1. The molecule has 4 N–H and O–H groups in total. The van der Waals surface area contributed by atoms with Gasteiger partial charge in [0.2, 0.25) is 17.8 Å². The van der Waals surface area contributed by atoms with Crippen LogP contribution >= 0.6 is 0 Å². The summed E-state index contributed by atoms with van der Waals surface area (Å²) in [6.07, 6.45) is 3.27. The van der Waals surface area contributed by atoms with Gasteiger partial charge < -0.3 is 30.7 Å². The number of aryl methyl sites for hydroxylation is 1. The van der Waals surface area contributed by atoms with Crippen molar-refractivity contribution in [2.24, 2.45) is 0 Å². The smallest absolute Gasteiger partial charge is 0.239 e. The molecule has 14 heteroatoms. The molecule has 0 spiro atoms. The summed E-state index contributed by atoms with van der Waals surface area (Å²) in [6.45, 7) is 7.14. The Morgan fingerprint density at radius 3 is 2.54 bits per heavy atom. The molecule has 1 amide bonds. The van der Waals surface area contributed by atoms with Crippen molar-refractivity contribution in [3.05, 3.63) is 59.8 Å². The molecule has 0 saturated carbocycles. The molecule has 244 valence electrons. The number of methoxy groups -OCH3 is 1. The van der Waals surface area contributed by atoms with Crippen LogP contribution in [0.25, 0.3) is 5.65 Å². The fourth-order valence-electron chi connectivity index (χ4n) is 6.22. The van der Waals surface area contributed by atoms with Crippen molar-refractivity contribution in [3.8, 4) is 5.75 Å². The number of carbonyl (C=O) groups excluding carboxylic acids is 1. The van der Waals surface area contributed by atoms with E-state index < -0.39 is 21.2 Å². The average Bonchev–Trinajstić information content (AvgIpc) is 3.70. The molecule has 2 fully saturated rings. The number of ether oxygens (including phenoxy) is 1. The molecule has 6 rings (SSSR count). The van der Waals surface area contributed by atoms with Crippen LogP contribution in [-0.4, -0.2) is 88.1 Å². The number of nitrogens with one attached hydrogen (secondary N) is 3. The maximum atomic E-state index is 13.1. The number of aliphatic hydroxyl groups is 1. The largest absolute Gasteiger partial charge is 0.495 e. The number of anilines is 4. The molecule has 0 radical (unpaired) electrons. The van der Waals surface area contributed by atoms with Crippen molar-refractivity contribution >= 4 is 44.7 Å². The zero-order valence-electron chi connectivity index (χ0n) is 26.4. The highest BCUT2D eigenvalue weighted by Gasteiger charge is 2.34. The number of amides is 1. The van der Waals surface area contributed by atoms with Crippen LogP contribution in [0.1, 0.15) is 50.2 Å². The van der Waals surface area contributed by atoms with Crippen molar-refractivity contribution < 1.29 is 23.1 Å². The van der Waals surface area contributed by atoms with Crippen LogP contribution in [0.15, 0.2) is 53.6 Å². The standard InChI is InChI=1S/C32H40N8O5S/c1-19(2)46(43,44)28-8-6-5-7-24(28)36-32-38-31(37-29-9-12-34-40(29)32)35-25-15-20(3)23(17-27(25)45-4)21-10-13-39(14-11-21)30(42)26-16-22(41)18-33-26/h5-9,12,15,17,19,21-22,26,33,41H,10-11,13-14,16,18H2,1-4H3,(H2,35,36,37,38)/t22-,26-/m1/s1. The normalized spacial score (nSPS) is 19.1. The fourth-order valence-corrected chi connectivity index (χ4v) is 7.42. The number of hydrogen-bond donors (Lipinski definition) is 4. The number of benzene rings is 2. The van der Waals surface area contributed by atoms with Gasteiger partial charge in [0.1, 0.15) is 5.75 Å². The zero-order chi connectivity index (χ0) is 32.6. The van der Waals surface area contributed by atoms with Crippen LogP contribution in [0, 0.1) is 6.92 Å². The second-order valence-corrected chi connectivity index (χ2v) is 14.6. The van der Waals surface area contributed by atoms with Gasteiger partial charge in [0.15, 0.2) is 15.5 Å². The Labute approximate surface area is 268 Å². The molecule has 46 heavy (non-hydrogen) atoms. The molecule has 2 atom stereocenters. The molecule has 2 saturated heterocycles. The van der Waals surface area contributed by atoms with E-state index in [0.29, 0.717) is 54.8 Å². The first-order valence-electron chi connectivity index (χ1n) is 15.5. The average molecular weight is 649 g/mol. The van der Waals surface area contributed by atoms with E-state index in [-0.39, 0.29) is 28.7 Å². The summed E-state index contributed by atoms with van der Waals surface area (Å²) in [7, 11) is -1.95. The van der Waals surface area contributed by atoms with Crippen LogP contribution in [0.3, 0.4) is 0 Å². The van der Waals surface area contributed by atoms with Crippen LogP contribution in [-0.2, 0) is 14.6 Å². The number of sulfone groups is 1. The van der Waals surface area contributed by atoms with E-state index in [9.17, 15) is 18.3 Å². The van der Waals surface area contributed by atoms with Gasteiger partial charge in [-0.3, -0.25) is 4.79 Å². The van der Waals surface area contributed by atoms with Crippen LogP contribution in [0.4, 0.5) is 23.3 Å². The molecule has 0 aliphatic carbocycles. The number of nitrogens with zero attached hydrogens (tertiary/aromatic N) is 5. The molecular weight excluding hydrogens is 608 g/mol. The van der Waals surface area contributed by atoms with Gasteiger partial charge in [-0.25, -0.2) is 8.42 Å². The lowest BCUT2D eigenvalue weighted by atomic mass is 9.86. The second-order valence-electron chi connectivity index (χ2n) is 12.2. The highest BCUT2D eigenvalue weighted by Crippen LogP contribution is 2.38. The molecule has 2 aliphatic rings. The minimum absolute atomic E-state index is 0.0675. The first-order valence-corrected chi connectivity index (χ1v) is 17.1. The van der Waals surface area contributed by atoms with E-state index in [1.807, 2.05) is 17.0 Å². The van der Waals surface area contributed by atoms with E-state index >= 15 is 0 Å². The van der Waals surface area contributed by atoms with Crippen LogP contribution in [0.2, 0.25) is 0 Å². The molecule has 13 nitrogen and oxygen atoms in total. The lowest BCUT2D eigenvalue weighted by molar-refractivity contribution is -0.134. The lowest BCUT2D eigenvalue weighted by Gasteiger charge is -2.34. The summed E-state index contributed by atoms with van der Waals surface area (Å²) in [4.78, 5) is 24.3. The highest BCUT2D eigenvalue weighted by atomic mass is 32.2. The fraction of sp³-hybridized carbons (Fsp3) is 0.438. The van der Waals surface area contributed by atoms with Crippen LogP contribution in [0.5, 0.6) is 5.75 Å². The van der Waals surface area contributed by atoms with Gasteiger partial charge in [-0.05, 0) is 81.3 Å². The molecule has 2 aromatic heterocycles. The number of carbonyl (C=O) groups is 1. The number of para-hydroxylation sites is 1. The topological polar surface area (TPSA) is 163 Å². The Balaban J connectivity index is 1.23. The van der Waals surface area contributed by atoms with E-state index in [1.54, 1.807) is 57.5 Å². The third-order valence-corrected chi connectivity index (χ3v) is 11.0. The highest BCUT2D eigenvalue weighted by molar-refractivity contribution is 7.92. The predicted octanol–water partition coefficient (Wildman–Crippen LogP) is 3.54. The third-order valence-electron chi connectivity index (χ3n) is 8.80. The van der Waals surface area contributed by atoms with E-state index in [1.165, 1.54) is 10.1 Å². The number of aromatic nitrogens is 4. The van der Waals surface area contributed by atoms with Gasteiger partial charge >= 0.3 is 0 Å². The molecule has 4 heterocycles. The summed E-state index contributed by atoms with van der Waals surface area (Å²) in [6, 6.07) is 12.2. The van der Waals surface area contributed by atoms with Gasteiger partial charge in [-0.2, -0.15) is 19.6 Å². The summed E-state index contributed by atoms with van der Waals surface area (Å²) in [5.41, 5.74) is 3.83.